The Morgan fingerprint density at radius 1 is 1.06 bits per heavy atom. The van der Waals surface area contributed by atoms with Gasteiger partial charge in [-0.15, -0.1) is 0 Å². The molecule has 0 atom stereocenters. The molecule has 0 aromatic rings. The minimum Gasteiger partial charge on any atom is -0.356 e. The molecule has 0 aromatic carbocycles. The Bertz CT molecular complexity index is 265. The second-order valence-electron chi connectivity index (χ2n) is 5.74. The van der Waals surface area contributed by atoms with Gasteiger partial charge >= 0.3 is 0 Å². The first-order valence-corrected chi connectivity index (χ1v) is 6.86. The van der Waals surface area contributed by atoms with E-state index >= 15 is 0 Å². The molecule has 0 rings (SSSR count). The van der Waals surface area contributed by atoms with Crippen LogP contribution in [0.25, 0.3) is 0 Å². The van der Waals surface area contributed by atoms with E-state index in [0.717, 1.165) is 19.4 Å². The summed E-state index contributed by atoms with van der Waals surface area (Å²) in [6.07, 6.45) is 2.51. The summed E-state index contributed by atoms with van der Waals surface area (Å²) in [7, 11) is 0. The number of hydrogen-bond donors (Lipinski definition) is 2. The number of carbonyl (C=O) groups is 2. The number of amides is 2. The summed E-state index contributed by atoms with van der Waals surface area (Å²) in [5, 5.41) is 5.68. The fourth-order valence-corrected chi connectivity index (χ4v) is 1.48. The van der Waals surface area contributed by atoms with Gasteiger partial charge in [-0.1, -0.05) is 47.5 Å². The van der Waals surface area contributed by atoms with Gasteiger partial charge in [0.15, 0.2) is 0 Å². The van der Waals surface area contributed by atoms with E-state index in [-0.39, 0.29) is 11.8 Å². The highest BCUT2D eigenvalue weighted by molar-refractivity contribution is 5.82. The van der Waals surface area contributed by atoms with Gasteiger partial charge < -0.3 is 10.6 Å². The Kier molecular flexibility index (Phi) is 7.64. The van der Waals surface area contributed by atoms with Crippen molar-refractivity contribution in [3.8, 4) is 0 Å². The lowest BCUT2D eigenvalue weighted by atomic mass is 9.96. The summed E-state index contributed by atoms with van der Waals surface area (Å²) in [6, 6.07) is 0. The first-order valence-electron chi connectivity index (χ1n) is 6.86. The van der Waals surface area contributed by atoms with Crippen molar-refractivity contribution in [3.63, 3.8) is 0 Å². The molecule has 4 nitrogen and oxygen atoms in total. The van der Waals surface area contributed by atoms with Crippen molar-refractivity contribution in [2.75, 3.05) is 13.1 Å². The average molecular weight is 256 g/mol. The normalized spacial score (nSPS) is 11.4. The van der Waals surface area contributed by atoms with Gasteiger partial charge in [0.1, 0.15) is 0 Å². The number of nitrogens with one attached hydrogen (secondary N) is 2. The Balaban J connectivity index is 3.75. The van der Waals surface area contributed by atoms with Crippen LogP contribution in [-0.2, 0) is 9.59 Å². The van der Waals surface area contributed by atoms with Crippen LogP contribution in [0, 0.1) is 11.3 Å². The standard InChI is InChI=1S/C14H28N2O2/c1-6-11(7-2)10-16-12(17)8-9-15-13(18)14(3,4)5/h11H,6-10H2,1-5H3,(H,15,18)(H,16,17). The molecule has 2 N–H and O–H groups in total. The predicted octanol–water partition coefficient (Wildman–Crippen LogP) is 2.09. The Hall–Kier alpha value is -1.06. The third-order valence-electron chi connectivity index (χ3n) is 3.06. The quantitative estimate of drug-likeness (QED) is 0.733. The number of hydrogen-bond acceptors (Lipinski definition) is 2. The second-order valence-corrected chi connectivity index (χ2v) is 5.74. The third kappa shape index (κ3) is 7.30. The molecule has 0 saturated heterocycles. The van der Waals surface area contributed by atoms with E-state index in [2.05, 4.69) is 24.5 Å². The Morgan fingerprint density at radius 3 is 2.06 bits per heavy atom. The molecule has 0 unspecified atom stereocenters. The molecule has 0 fully saturated rings. The first-order chi connectivity index (χ1) is 8.31. The molecule has 0 bridgehead atoms. The van der Waals surface area contributed by atoms with Crippen molar-refractivity contribution in [1.82, 2.24) is 10.6 Å². The van der Waals surface area contributed by atoms with Crippen molar-refractivity contribution in [1.29, 1.82) is 0 Å². The minimum atomic E-state index is -0.397. The highest BCUT2D eigenvalue weighted by Crippen LogP contribution is 2.12. The number of rotatable bonds is 7. The fourth-order valence-electron chi connectivity index (χ4n) is 1.48. The summed E-state index contributed by atoms with van der Waals surface area (Å²) in [5.74, 6) is 0.546. The topological polar surface area (TPSA) is 58.2 Å². The van der Waals surface area contributed by atoms with Gasteiger partial charge in [-0.05, 0) is 5.92 Å². The lowest BCUT2D eigenvalue weighted by Crippen LogP contribution is -2.38. The zero-order chi connectivity index (χ0) is 14.2. The zero-order valence-corrected chi connectivity index (χ0v) is 12.4. The summed E-state index contributed by atoms with van der Waals surface area (Å²) in [4.78, 5) is 23.1. The van der Waals surface area contributed by atoms with E-state index in [1.165, 1.54) is 0 Å². The summed E-state index contributed by atoms with van der Waals surface area (Å²) in [5.41, 5.74) is -0.397. The van der Waals surface area contributed by atoms with Gasteiger partial charge in [-0.3, -0.25) is 9.59 Å². The van der Waals surface area contributed by atoms with Gasteiger partial charge in [0.2, 0.25) is 11.8 Å². The largest absolute Gasteiger partial charge is 0.356 e. The van der Waals surface area contributed by atoms with E-state index in [0.29, 0.717) is 18.9 Å². The molecule has 2 amide bonds. The van der Waals surface area contributed by atoms with Crippen molar-refractivity contribution < 1.29 is 9.59 Å². The molecule has 0 saturated carbocycles. The van der Waals surface area contributed by atoms with Crippen molar-refractivity contribution in [2.24, 2.45) is 11.3 Å². The molecule has 18 heavy (non-hydrogen) atoms. The molecule has 0 radical (unpaired) electrons. The van der Waals surface area contributed by atoms with Crippen LogP contribution < -0.4 is 10.6 Å². The zero-order valence-electron chi connectivity index (χ0n) is 12.4. The maximum Gasteiger partial charge on any atom is 0.225 e. The van der Waals surface area contributed by atoms with Crippen LogP contribution in [0.15, 0.2) is 0 Å². The molecule has 0 heterocycles. The maximum absolute atomic E-state index is 11.6. The van der Waals surface area contributed by atoms with Gasteiger partial charge in [-0.2, -0.15) is 0 Å². The molecule has 4 heteroatoms. The van der Waals surface area contributed by atoms with Crippen molar-refractivity contribution >= 4 is 11.8 Å². The SMILES string of the molecule is CCC(CC)CNC(=O)CCNC(=O)C(C)(C)C. The van der Waals surface area contributed by atoms with Crippen LogP contribution in [0.5, 0.6) is 0 Å². The highest BCUT2D eigenvalue weighted by Gasteiger charge is 2.20. The van der Waals surface area contributed by atoms with Crippen molar-refractivity contribution in [2.45, 2.75) is 53.9 Å². The second kappa shape index (κ2) is 8.11. The molecule has 0 aliphatic carbocycles. The van der Waals surface area contributed by atoms with Gasteiger partial charge in [0.05, 0.1) is 0 Å². The third-order valence-corrected chi connectivity index (χ3v) is 3.06. The molecule has 0 aliphatic heterocycles. The minimum absolute atomic E-state index is 0.0103. The number of carbonyl (C=O) groups excluding carboxylic acids is 2. The van der Waals surface area contributed by atoms with Crippen LogP contribution in [0.1, 0.15) is 53.9 Å². The van der Waals surface area contributed by atoms with Crippen LogP contribution in [0.3, 0.4) is 0 Å². The lowest BCUT2D eigenvalue weighted by Gasteiger charge is -2.17. The molecule has 0 aromatic heterocycles. The lowest BCUT2D eigenvalue weighted by molar-refractivity contribution is -0.128. The summed E-state index contributed by atoms with van der Waals surface area (Å²) in [6.45, 7) is 11.0. The monoisotopic (exact) mass is 256 g/mol. The average Bonchev–Trinajstić information content (AvgIpc) is 2.29. The molecular weight excluding hydrogens is 228 g/mol. The van der Waals surface area contributed by atoms with Gasteiger partial charge in [-0.25, -0.2) is 0 Å². The van der Waals surface area contributed by atoms with E-state index in [4.69, 9.17) is 0 Å². The molecule has 0 aliphatic rings. The maximum atomic E-state index is 11.6. The van der Waals surface area contributed by atoms with Gasteiger partial charge in [0, 0.05) is 24.9 Å². The molecule has 0 spiro atoms. The van der Waals surface area contributed by atoms with Crippen LogP contribution in [0.4, 0.5) is 0 Å². The van der Waals surface area contributed by atoms with Crippen LogP contribution in [-0.4, -0.2) is 24.9 Å². The molecular formula is C14H28N2O2. The smallest absolute Gasteiger partial charge is 0.225 e. The summed E-state index contributed by atoms with van der Waals surface area (Å²) >= 11 is 0. The van der Waals surface area contributed by atoms with E-state index in [9.17, 15) is 9.59 Å². The van der Waals surface area contributed by atoms with Crippen LogP contribution in [0.2, 0.25) is 0 Å². The van der Waals surface area contributed by atoms with Crippen molar-refractivity contribution in [3.05, 3.63) is 0 Å². The molecule has 106 valence electrons. The Labute approximate surface area is 111 Å². The summed E-state index contributed by atoms with van der Waals surface area (Å²) < 4.78 is 0. The highest BCUT2D eigenvalue weighted by atomic mass is 16.2. The Morgan fingerprint density at radius 2 is 1.61 bits per heavy atom. The van der Waals surface area contributed by atoms with E-state index in [1.807, 2.05) is 20.8 Å². The fraction of sp³-hybridized carbons (Fsp3) is 0.857. The van der Waals surface area contributed by atoms with E-state index < -0.39 is 5.41 Å². The predicted molar refractivity (Wildman–Crippen MR) is 74.2 cm³/mol. The first kappa shape index (κ1) is 16.9. The van der Waals surface area contributed by atoms with Crippen LogP contribution >= 0.6 is 0 Å². The van der Waals surface area contributed by atoms with Gasteiger partial charge in [0.25, 0.3) is 0 Å². The van der Waals surface area contributed by atoms with E-state index in [1.54, 1.807) is 0 Å².